The van der Waals surface area contributed by atoms with Crippen molar-refractivity contribution in [2.45, 2.75) is 69.2 Å². The minimum Gasteiger partial charge on any atom is -0.480 e. The van der Waals surface area contributed by atoms with Crippen LogP contribution in [0.15, 0.2) is 54.6 Å². The van der Waals surface area contributed by atoms with Crippen molar-refractivity contribution in [3.05, 3.63) is 71.5 Å². The van der Waals surface area contributed by atoms with Crippen molar-refractivity contribution in [3.63, 3.8) is 0 Å². The predicted molar refractivity (Wildman–Crippen MR) is 146 cm³/mol. The Labute approximate surface area is 230 Å². The number of rotatable bonds is 11. The Balaban J connectivity index is 1.19. The van der Waals surface area contributed by atoms with E-state index in [0.717, 1.165) is 50.9 Å². The molecule has 5 rings (SSSR count). The summed E-state index contributed by atoms with van der Waals surface area (Å²) in [5.41, 5.74) is 1.03. The lowest BCUT2D eigenvalue weighted by Gasteiger charge is -2.35. The Morgan fingerprint density at radius 2 is 1.72 bits per heavy atom. The molecule has 39 heavy (non-hydrogen) atoms. The maximum absolute atomic E-state index is 14.7. The van der Waals surface area contributed by atoms with Crippen LogP contribution in [0.25, 0.3) is 0 Å². The molecule has 0 spiro atoms. The largest absolute Gasteiger partial charge is 0.480 e. The number of benzene rings is 2. The highest BCUT2D eigenvalue weighted by Crippen LogP contribution is 2.39. The summed E-state index contributed by atoms with van der Waals surface area (Å²) in [6.07, 6.45) is 6.28. The molecular weight excluding hydrogens is 501 g/mol. The number of hydrogen-bond acceptors (Lipinski definition) is 3. The molecular formula is C32H41F3N2O2. The summed E-state index contributed by atoms with van der Waals surface area (Å²) in [4.78, 5) is 16.8. The van der Waals surface area contributed by atoms with Crippen molar-refractivity contribution in [2.75, 3.05) is 32.7 Å². The first-order valence-electron chi connectivity index (χ1n) is 14.7. The Morgan fingerprint density at radius 3 is 2.36 bits per heavy atom. The monoisotopic (exact) mass is 542 g/mol. The van der Waals surface area contributed by atoms with Crippen LogP contribution < -0.4 is 0 Å². The van der Waals surface area contributed by atoms with Crippen LogP contribution >= 0.6 is 0 Å². The predicted octanol–water partition coefficient (Wildman–Crippen LogP) is 6.77. The number of hydrogen-bond donors (Lipinski definition) is 1. The van der Waals surface area contributed by atoms with Crippen LogP contribution in [0.3, 0.4) is 0 Å². The lowest BCUT2D eigenvalue weighted by atomic mass is 9.80. The van der Waals surface area contributed by atoms with E-state index in [0.29, 0.717) is 31.8 Å². The number of halogens is 3. The number of carboxylic acid groups (broad SMARTS) is 1. The van der Waals surface area contributed by atoms with Crippen LogP contribution in [0.2, 0.25) is 0 Å². The SMILES string of the molecule is O=C(O)C(CC1CCC1)N1CC(CN2CCC(CCC(F)(F)c3ccccc3)CC2)C(c2cccc(F)c2)C1. The maximum atomic E-state index is 14.7. The number of nitrogens with zero attached hydrogens (tertiary/aromatic N) is 2. The topological polar surface area (TPSA) is 43.8 Å². The second-order valence-corrected chi connectivity index (χ2v) is 12.1. The number of piperidine rings is 1. The number of aliphatic carboxylic acids is 1. The van der Waals surface area contributed by atoms with Gasteiger partial charge in [0.15, 0.2) is 0 Å². The summed E-state index contributed by atoms with van der Waals surface area (Å²) >= 11 is 0. The van der Waals surface area contributed by atoms with Gasteiger partial charge in [0.1, 0.15) is 11.9 Å². The number of likely N-dealkylation sites (tertiary alicyclic amines) is 2. The third kappa shape index (κ3) is 7.04. The van der Waals surface area contributed by atoms with Crippen molar-refractivity contribution in [1.29, 1.82) is 0 Å². The molecule has 2 aromatic carbocycles. The highest BCUT2D eigenvalue weighted by molar-refractivity contribution is 5.73. The van der Waals surface area contributed by atoms with E-state index >= 15 is 0 Å². The van der Waals surface area contributed by atoms with Gasteiger partial charge in [0, 0.05) is 37.5 Å². The standard InChI is InChI=1S/C32H41F3N2O2/c33-28-11-5-8-25(19-28)29-22-37(30(31(38)39)18-24-6-4-7-24)21-26(29)20-36-16-13-23(14-17-36)12-15-32(34,35)27-9-2-1-3-10-27/h1-3,5,8-11,19,23-24,26,29-30H,4,6-7,12-18,20-22H2,(H,38,39). The Morgan fingerprint density at radius 1 is 0.974 bits per heavy atom. The second kappa shape index (κ2) is 12.4. The lowest BCUT2D eigenvalue weighted by Crippen LogP contribution is -2.43. The van der Waals surface area contributed by atoms with E-state index in [1.165, 1.54) is 24.6 Å². The fraction of sp³-hybridized carbons (Fsp3) is 0.594. The highest BCUT2D eigenvalue weighted by atomic mass is 19.3. The van der Waals surface area contributed by atoms with Gasteiger partial charge < -0.3 is 10.0 Å². The Hall–Kier alpha value is -2.38. The zero-order chi connectivity index (χ0) is 27.4. The molecule has 0 bridgehead atoms. The van der Waals surface area contributed by atoms with Crippen molar-refractivity contribution in [1.82, 2.24) is 9.80 Å². The minimum atomic E-state index is -2.80. The third-order valence-corrected chi connectivity index (χ3v) is 9.52. The zero-order valence-electron chi connectivity index (χ0n) is 22.7. The molecule has 3 aliphatic rings. The van der Waals surface area contributed by atoms with Gasteiger partial charge in [0.25, 0.3) is 5.92 Å². The summed E-state index contributed by atoms with van der Waals surface area (Å²) in [7, 11) is 0. The fourth-order valence-electron chi connectivity index (χ4n) is 6.91. The molecule has 2 aliphatic heterocycles. The first-order chi connectivity index (χ1) is 18.8. The molecule has 2 aromatic rings. The van der Waals surface area contributed by atoms with Gasteiger partial charge in [0.2, 0.25) is 0 Å². The van der Waals surface area contributed by atoms with Gasteiger partial charge in [0.05, 0.1) is 0 Å². The van der Waals surface area contributed by atoms with Crippen LogP contribution in [-0.2, 0) is 10.7 Å². The highest BCUT2D eigenvalue weighted by Gasteiger charge is 2.42. The van der Waals surface area contributed by atoms with Crippen LogP contribution in [0.5, 0.6) is 0 Å². The van der Waals surface area contributed by atoms with Crippen molar-refractivity contribution in [2.24, 2.45) is 17.8 Å². The van der Waals surface area contributed by atoms with E-state index < -0.39 is 17.9 Å². The van der Waals surface area contributed by atoms with E-state index in [1.807, 2.05) is 6.07 Å². The molecule has 2 saturated heterocycles. The number of alkyl halides is 2. The molecule has 2 heterocycles. The summed E-state index contributed by atoms with van der Waals surface area (Å²) < 4.78 is 43.5. The van der Waals surface area contributed by atoms with E-state index in [1.54, 1.807) is 30.3 Å². The molecule has 3 atom stereocenters. The summed E-state index contributed by atoms with van der Waals surface area (Å²) in [6.45, 7) is 3.86. The van der Waals surface area contributed by atoms with Gasteiger partial charge >= 0.3 is 5.97 Å². The first kappa shape index (κ1) is 28.2. The molecule has 0 amide bonds. The molecule has 3 unspecified atom stereocenters. The van der Waals surface area contributed by atoms with Crippen molar-refractivity contribution in [3.8, 4) is 0 Å². The third-order valence-electron chi connectivity index (χ3n) is 9.52. The average Bonchev–Trinajstić information content (AvgIpc) is 3.31. The lowest BCUT2D eigenvalue weighted by molar-refractivity contribution is -0.144. The van der Waals surface area contributed by atoms with Crippen molar-refractivity contribution < 1.29 is 23.1 Å². The van der Waals surface area contributed by atoms with E-state index in [9.17, 15) is 23.1 Å². The van der Waals surface area contributed by atoms with E-state index in [-0.39, 0.29) is 35.6 Å². The first-order valence-corrected chi connectivity index (χ1v) is 14.7. The fourth-order valence-corrected chi connectivity index (χ4v) is 6.91. The molecule has 1 N–H and O–H groups in total. The van der Waals surface area contributed by atoms with Crippen LogP contribution in [0.4, 0.5) is 13.2 Å². The molecule has 4 nitrogen and oxygen atoms in total. The van der Waals surface area contributed by atoms with Gasteiger partial charge in [-0.05, 0) is 74.2 Å². The van der Waals surface area contributed by atoms with E-state index in [4.69, 9.17) is 0 Å². The Kier molecular flexibility index (Phi) is 8.97. The van der Waals surface area contributed by atoms with Crippen LogP contribution in [0.1, 0.15) is 68.4 Å². The quantitative estimate of drug-likeness (QED) is 0.340. The molecule has 212 valence electrons. The van der Waals surface area contributed by atoms with Gasteiger partial charge in [-0.3, -0.25) is 9.69 Å². The zero-order valence-corrected chi connectivity index (χ0v) is 22.7. The average molecular weight is 543 g/mol. The molecule has 1 aliphatic carbocycles. The summed E-state index contributed by atoms with van der Waals surface area (Å²) in [5, 5.41) is 10.1. The smallest absolute Gasteiger partial charge is 0.320 e. The van der Waals surface area contributed by atoms with Gasteiger partial charge in [-0.1, -0.05) is 61.7 Å². The second-order valence-electron chi connectivity index (χ2n) is 12.1. The summed E-state index contributed by atoms with van der Waals surface area (Å²) in [5.74, 6) is -2.76. The van der Waals surface area contributed by atoms with Crippen LogP contribution in [0, 0.1) is 23.6 Å². The minimum absolute atomic E-state index is 0.0752. The molecule has 0 aromatic heterocycles. The van der Waals surface area contributed by atoms with E-state index in [2.05, 4.69) is 9.80 Å². The molecule has 1 saturated carbocycles. The van der Waals surface area contributed by atoms with Gasteiger partial charge in [-0.15, -0.1) is 0 Å². The normalized spacial score (nSPS) is 24.5. The van der Waals surface area contributed by atoms with Gasteiger partial charge in [-0.25, -0.2) is 13.2 Å². The number of carbonyl (C=O) groups is 1. The Bertz CT molecular complexity index is 1090. The molecule has 7 heteroatoms. The number of carboxylic acids is 1. The summed E-state index contributed by atoms with van der Waals surface area (Å²) in [6, 6.07) is 14.4. The van der Waals surface area contributed by atoms with Gasteiger partial charge in [-0.2, -0.15) is 0 Å². The maximum Gasteiger partial charge on any atom is 0.320 e. The van der Waals surface area contributed by atoms with Crippen LogP contribution in [-0.4, -0.2) is 59.6 Å². The van der Waals surface area contributed by atoms with Crippen molar-refractivity contribution >= 4 is 5.97 Å². The molecule has 0 radical (unpaired) electrons. The molecule has 3 fully saturated rings.